The molecule has 1 saturated carbocycles. The number of nitro groups is 1. The summed E-state index contributed by atoms with van der Waals surface area (Å²) in [7, 11) is 0. The molecule has 2 aromatic heterocycles. The maximum atomic E-state index is 11.1. The smallest absolute Gasteiger partial charge is 0.313 e. The second-order valence-corrected chi connectivity index (χ2v) is 4.79. The molecule has 2 heterocycles. The van der Waals surface area contributed by atoms with Gasteiger partial charge in [-0.25, -0.2) is 9.67 Å². The van der Waals surface area contributed by atoms with Gasteiger partial charge in [0.2, 0.25) is 5.82 Å². The molecule has 7 heteroatoms. The minimum atomic E-state index is -0.434. The summed E-state index contributed by atoms with van der Waals surface area (Å²) in [5.41, 5.74) is 0.937. The predicted octanol–water partition coefficient (Wildman–Crippen LogP) is 2.48. The van der Waals surface area contributed by atoms with Crippen LogP contribution < -0.4 is 5.32 Å². The van der Waals surface area contributed by atoms with Gasteiger partial charge in [-0.1, -0.05) is 0 Å². The molecule has 0 aromatic carbocycles. The summed E-state index contributed by atoms with van der Waals surface area (Å²) < 4.78 is 1.49. The maximum Gasteiger partial charge on any atom is 0.313 e. The van der Waals surface area contributed by atoms with Crippen LogP contribution in [0, 0.1) is 10.1 Å². The zero-order valence-corrected chi connectivity index (χ0v) is 11.1. The minimum Gasteiger partial charge on any atom is -0.370 e. The number of pyridine rings is 1. The summed E-state index contributed by atoms with van der Waals surface area (Å²) in [6.45, 7) is 2.65. The van der Waals surface area contributed by atoms with E-state index in [-0.39, 0.29) is 11.5 Å². The summed E-state index contributed by atoms with van der Waals surface area (Å²) >= 11 is 0. The van der Waals surface area contributed by atoms with Gasteiger partial charge in [0.1, 0.15) is 5.82 Å². The van der Waals surface area contributed by atoms with E-state index in [1.54, 1.807) is 12.3 Å². The quantitative estimate of drug-likeness (QED) is 0.668. The standard InChI is InChI=1S/C13H15N5O2/c1-2-14-12-6-5-11(18(19)20)13(15-12)17-8-7-10(16-17)9-3-4-9/h5-9H,2-4H2,1H3,(H,14,15). The molecule has 1 fully saturated rings. The first-order valence-corrected chi connectivity index (χ1v) is 6.64. The van der Waals surface area contributed by atoms with Crippen LogP contribution in [0.2, 0.25) is 0 Å². The van der Waals surface area contributed by atoms with Crippen LogP contribution in [0.1, 0.15) is 31.4 Å². The molecule has 20 heavy (non-hydrogen) atoms. The molecule has 0 unspecified atom stereocenters. The number of hydrogen-bond acceptors (Lipinski definition) is 5. The van der Waals surface area contributed by atoms with E-state index in [2.05, 4.69) is 15.4 Å². The number of nitrogens with one attached hydrogen (secondary N) is 1. The molecule has 0 atom stereocenters. The second kappa shape index (κ2) is 4.92. The van der Waals surface area contributed by atoms with E-state index in [1.165, 1.54) is 10.7 Å². The van der Waals surface area contributed by atoms with Crippen molar-refractivity contribution in [3.05, 3.63) is 40.2 Å². The fraction of sp³-hybridized carbons (Fsp3) is 0.385. The highest BCUT2D eigenvalue weighted by atomic mass is 16.6. The lowest BCUT2D eigenvalue weighted by atomic mass is 10.3. The Morgan fingerprint density at radius 3 is 2.90 bits per heavy atom. The molecule has 3 rings (SSSR count). The van der Waals surface area contributed by atoms with Crippen LogP contribution in [-0.4, -0.2) is 26.2 Å². The van der Waals surface area contributed by atoms with Crippen molar-refractivity contribution < 1.29 is 4.92 Å². The van der Waals surface area contributed by atoms with Crippen molar-refractivity contribution in [1.82, 2.24) is 14.8 Å². The average molecular weight is 273 g/mol. The largest absolute Gasteiger partial charge is 0.370 e. The van der Waals surface area contributed by atoms with E-state index in [1.807, 2.05) is 13.0 Å². The molecule has 2 aromatic rings. The van der Waals surface area contributed by atoms with Crippen molar-refractivity contribution in [2.45, 2.75) is 25.7 Å². The van der Waals surface area contributed by atoms with Gasteiger partial charge in [-0.3, -0.25) is 10.1 Å². The van der Waals surface area contributed by atoms with Gasteiger partial charge in [0.05, 0.1) is 10.6 Å². The third-order valence-electron chi connectivity index (χ3n) is 3.23. The summed E-state index contributed by atoms with van der Waals surface area (Å²) in [5.74, 6) is 1.36. The Balaban J connectivity index is 2.03. The molecule has 1 aliphatic rings. The molecule has 1 aliphatic carbocycles. The van der Waals surface area contributed by atoms with Crippen LogP contribution in [0.4, 0.5) is 11.5 Å². The summed E-state index contributed by atoms with van der Waals surface area (Å²) in [6, 6.07) is 4.97. The summed E-state index contributed by atoms with van der Waals surface area (Å²) in [6.07, 6.45) is 4.02. The molecular formula is C13H15N5O2. The number of anilines is 1. The Hall–Kier alpha value is -2.44. The van der Waals surface area contributed by atoms with Crippen LogP contribution in [-0.2, 0) is 0 Å². The minimum absolute atomic E-state index is 0.0444. The second-order valence-electron chi connectivity index (χ2n) is 4.79. The van der Waals surface area contributed by atoms with Crippen LogP contribution in [0.5, 0.6) is 0 Å². The number of rotatable bonds is 5. The van der Waals surface area contributed by atoms with Crippen molar-refractivity contribution in [2.24, 2.45) is 0 Å². The zero-order valence-electron chi connectivity index (χ0n) is 11.1. The van der Waals surface area contributed by atoms with Crippen molar-refractivity contribution in [1.29, 1.82) is 0 Å². The van der Waals surface area contributed by atoms with Gasteiger partial charge < -0.3 is 5.32 Å². The lowest BCUT2D eigenvalue weighted by molar-refractivity contribution is -0.384. The van der Waals surface area contributed by atoms with Gasteiger partial charge in [-0.2, -0.15) is 5.10 Å². The van der Waals surface area contributed by atoms with Gasteiger partial charge in [0.25, 0.3) is 0 Å². The maximum absolute atomic E-state index is 11.1. The van der Waals surface area contributed by atoms with E-state index in [4.69, 9.17) is 0 Å². The van der Waals surface area contributed by atoms with E-state index in [9.17, 15) is 10.1 Å². The predicted molar refractivity (Wildman–Crippen MR) is 74.2 cm³/mol. The topological polar surface area (TPSA) is 85.9 Å². The molecule has 1 N–H and O–H groups in total. The lowest BCUT2D eigenvalue weighted by Crippen LogP contribution is -2.07. The first kappa shape index (κ1) is 12.6. The normalized spacial score (nSPS) is 14.2. The van der Waals surface area contributed by atoms with Crippen molar-refractivity contribution in [3.8, 4) is 5.82 Å². The Labute approximate surface area is 115 Å². The van der Waals surface area contributed by atoms with Crippen LogP contribution in [0.3, 0.4) is 0 Å². The van der Waals surface area contributed by atoms with E-state index in [0.717, 1.165) is 18.5 Å². The molecule has 0 spiro atoms. The highest BCUT2D eigenvalue weighted by molar-refractivity contribution is 5.53. The Morgan fingerprint density at radius 2 is 2.25 bits per heavy atom. The van der Waals surface area contributed by atoms with Crippen molar-refractivity contribution >= 4 is 11.5 Å². The van der Waals surface area contributed by atoms with E-state index < -0.39 is 4.92 Å². The van der Waals surface area contributed by atoms with E-state index in [0.29, 0.717) is 18.3 Å². The average Bonchev–Trinajstić information content (AvgIpc) is 3.16. The third-order valence-corrected chi connectivity index (χ3v) is 3.23. The molecule has 104 valence electrons. The lowest BCUT2D eigenvalue weighted by Gasteiger charge is -2.06. The first-order chi connectivity index (χ1) is 9.69. The highest BCUT2D eigenvalue weighted by Gasteiger charge is 2.27. The molecule has 0 saturated heterocycles. The van der Waals surface area contributed by atoms with Crippen LogP contribution >= 0.6 is 0 Å². The third kappa shape index (κ3) is 2.34. The Kier molecular flexibility index (Phi) is 3.09. The van der Waals surface area contributed by atoms with Crippen LogP contribution in [0.25, 0.3) is 5.82 Å². The fourth-order valence-corrected chi connectivity index (χ4v) is 2.08. The molecule has 7 nitrogen and oxygen atoms in total. The number of aromatic nitrogens is 3. The monoisotopic (exact) mass is 273 g/mol. The van der Waals surface area contributed by atoms with Gasteiger partial charge in [0.15, 0.2) is 0 Å². The Bertz CT molecular complexity index is 648. The van der Waals surface area contributed by atoms with Gasteiger partial charge >= 0.3 is 5.69 Å². The molecule has 0 amide bonds. The molecule has 0 radical (unpaired) electrons. The summed E-state index contributed by atoms with van der Waals surface area (Å²) in [4.78, 5) is 15.0. The number of nitrogens with zero attached hydrogens (tertiary/aromatic N) is 4. The molecule has 0 aliphatic heterocycles. The number of hydrogen-bond donors (Lipinski definition) is 1. The van der Waals surface area contributed by atoms with Gasteiger partial charge in [-0.15, -0.1) is 0 Å². The van der Waals surface area contributed by atoms with Gasteiger partial charge in [-0.05, 0) is 31.9 Å². The fourth-order valence-electron chi connectivity index (χ4n) is 2.08. The zero-order chi connectivity index (χ0) is 14.1. The highest BCUT2D eigenvalue weighted by Crippen LogP contribution is 2.39. The molecule has 0 bridgehead atoms. The van der Waals surface area contributed by atoms with Crippen LogP contribution in [0.15, 0.2) is 24.4 Å². The van der Waals surface area contributed by atoms with Crippen molar-refractivity contribution in [2.75, 3.05) is 11.9 Å². The van der Waals surface area contributed by atoms with E-state index >= 15 is 0 Å². The first-order valence-electron chi connectivity index (χ1n) is 6.64. The molecular weight excluding hydrogens is 258 g/mol. The SMILES string of the molecule is CCNc1ccc([N+](=O)[O-])c(-n2ccc(C3CC3)n2)n1. The summed E-state index contributed by atoms with van der Waals surface area (Å²) in [5, 5.41) is 18.6. The van der Waals surface area contributed by atoms with Crippen molar-refractivity contribution in [3.63, 3.8) is 0 Å². The Morgan fingerprint density at radius 1 is 1.45 bits per heavy atom. The van der Waals surface area contributed by atoms with Gasteiger partial charge in [0, 0.05) is 24.7 Å².